The van der Waals surface area contributed by atoms with Gasteiger partial charge in [0, 0.05) is 12.1 Å². The zero-order valence-corrected chi connectivity index (χ0v) is 10.5. The van der Waals surface area contributed by atoms with Crippen molar-refractivity contribution in [2.24, 2.45) is 5.92 Å². The van der Waals surface area contributed by atoms with E-state index >= 15 is 0 Å². The highest BCUT2D eigenvalue weighted by molar-refractivity contribution is 5.79. The first-order valence-electron chi connectivity index (χ1n) is 6.48. The molecule has 2 atom stereocenters. The Bertz CT molecular complexity index is 445. The van der Waals surface area contributed by atoms with Crippen LogP contribution >= 0.6 is 0 Å². The van der Waals surface area contributed by atoms with Gasteiger partial charge in [0.2, 0.25) is 5.91 Å². The Hall–Kier alpha value is -1.49. The molecule has 0 spiro atoms. The molecule has 1 aliphatic carbocycles. The van der Waals surface area contributed by atoms with Gasteiger partial charge in [0.25, 0.3) is 0 Å². The van der Waals surface area contributed by atoms with Crippen molar-refractivity contribution >= 4 is 5.91 Å². The first-order valence-corrected chi connectivity index (χ1v) is 6.48. The molecule has 0 aliphatic heterocycles. The van der Waals surface area contributed by atoms with Gasteiger partial charge in [0.05, 0.1) is 12.0 Å². The average Bonchev–Trinajstić information content (AvgIpc) is 2.79. The summed E-state index contributed by atoms with van der Waals surface area (Å²) in [6, 6.07) is 3.70. The molecule has 19 heavy (non-hydrogen) atoms. The lowest BCUT2D eigenvalue weighted by atomic mass is 10.0. The molecule has 1 aromatic rings. The molecule has 2 rings (SSSR count). The van der Waals surface area contributed by atoms with Crippen LogP contribution in [0, 0.1) is 17.6 Å². The molecule has 0 heterocycles. The lowest BCUT2D eigenvalue weighted by Gasteiger charge is -2.14. The van der Waals surface area contributed by atoms with E-state index in [2.05, 4.69) is 5.32 Å². The molecule has 1 aliphatic rings. The lowest BCUT2D eigenvalue weighted by Crippen LogP contribution is -2.36. The van der Waals surface area contributed by atoms with Crippen LogP contribution in [0.3, 0.4) is 0 Å². The van der Waals surface area contributed by atoms with Gasteiger partial charge < -0.3 is 10.4 Å². The number of aliphatic hydroxyl groups excluding tert-OH is 1. The number of amides is 1. The molecular formula is C14H17F2NO2. The minimum atomic E-state index is -0.602. The predicted molar refractivity (Wildman–Crippen MR) is 66.4 cm³/mol. The van der Waals surface area contributed by atoms with Gasteiger partial charge in [-0.25, -0.2) is 8.78 Å². The van der Waals surface area contributed by atoms with Crippen LogP contribution in [0.4, 0.5) is 8.78 Å². The van der Waals surface area contributed by atoms with Gasteiger partial charge in [0.15, 0.2) is 0 Å². The van der Waals surface area contributed by atoms with Crippen LogP contribution in [0.1, 0.15) is 24.8 Å². The molecule has 0 radical (unpaired) electrons. The second-order valence-electron chi connectivity index (χ2n) is 4.85. The van der Waals surface area contributed by atoms with E-state index in [1.165, 1.54) is 18.2 Å². The van der Waals surface area contributed by atoms with Crippen LogP contribution in [0.15, 0.2) is 18.2 Å². The van der Waals surface area contributed by atoms with Gasteiger partial charge in [-0.15, -0.1) is 0 Å². The third-order valence-electron chi connectivity index (χ3n) is 3.55. The number of nitrogens with one attached hydrogen (secondary N) is 1. The number of benzene rings is 1. The van der Waals surface area contributed by atoms with Crippen molar-refractivity contribution in [2.45, 2.75) is 31.8 Å². The van der Waals surface area contributed by atoms with E-state index in [0.29, 0.717) is 12.8 Å². The third-order valence-corrected chi connectivity index (χ3v) is 3.55. The van der Waals surface area contributed by atoms with E-state index in [1.807, 2.05) is 0 Å². The number of hydrogen-bond acceptors (Lipinski definition) is 2. The van der Waals surface area contributed by atoms with Gasteiger partial charge in [-0.1, -0.05) is 6.07 Å². The summed E-state index contributed by atoms with van der Waals surface area (Å²) in [6.07, 6.45) is 1.65. The molecule has 0 bridgehead atoms. The summed E-state index contributed by atoms with van der Waals surface area (Å²) < 4.78 is 26.7. The lowest BCUT2D eigenvalue weighted by molar-refractivity contribution is -0.127. The van der Waals surface area contributed by atoms with Crippen molar-refractivity contribution in [3.63, 3.8) is 0 Å². The standard InChI is InChI=1S/C14H17F2NO2/c15-11-4-2-5-12(16)9(11)7-8-17-14(19)10-3-1-6-13(10)18/h2,4-5,10,13,18H,1,3,6-8H2,(H,17,19). The van der Waals surface area contributed by atoms with Gasteiger partial charge in [0.1, 0.15) is 11.6 Å². The Morgan fingerprint density at radius 2 is 2.00 bits per heavy atom. The number of hydrogen-bond donors (Lipinski definition) is 2. The van der Waals surface area contributed by atoms with Crippen LogP contribution in [-0.4, -0.2) is 23.7 Å². The molecule has 1 fully saturated rings. The number of carbonyl (C=O) groups excluding carboxylic acids is 1. The Labute approximate surface area is 110 Å². The largest absolute Gasteiger partial charge is 0.392 e. The van der Waals surface area contributed by atoms with E-state index < -0.39 is 17.7 Å². The fraction of sp³-hybridized carbons (Fsp3) is 0.500. The molecule has 2 unspecified atom stereocenters. The van der Waals surface area contributed by atoms with E-state index in [4.69, 9.17) is 0 Å². The zero-order chi connectivity index (χ0) is 13.8. The van der Waals surface area contributed by atoms with Crippen LogP contribution in [0.25, 0.3) is 0 Å². The molecule has 0 aromatic heterocycles. The number of carbonyl (C=O) groups is 1. The summed E-state index contributed by atoms with van der Waals surface area (Å²) in [7, 11) is 0. The van der Waals surface area contributed by atoms with E-state index in [-0.39, 0.29) is 30.4 Å². The third kappa shape index (κ3) is 3.29. The summed E-state index contributed by atoms with van der Waals surface area (Å²) >= 11 is 0. The Morgan fingerprint density at radius 1 is 1.32 bits per heavy atom. The second kappa shape index (κ2) is 6.10. The predicted octanol–water partition coefficient (Wildman–Crippen LogP) is 1.78. The smallest absolute Gasteiger partial charge is 0.225 e. The fourth-order valence-corrected chi connectivity index (χ4v) is 2.46. The molecule has 1 saturated carbocycles. The SMILES string of the molecule is O=C(NCCc1c(F)cccc1F)C1CCCC1O. The fourth-order valence-electron chi connectivity index (χ4n) is 2.46. The molecule has 0 saturated heterocycles. The molecular weight excluding hydrogens is 252 g/mol. The zero-order valence-electron chi connectivity index (χ0n) is 10.5. The summed E-state index contributed by atoms with van der Waals surface area (Å²) in [5.41, 5.74) is -0.0187. The van der Waals surface area contributed by atoms with Crippen molar-refractivity contribution in [1.82, 2.24) is 5.32 Å². The van der Waals surface area contributed by atoms with Crippen molar-refractivity contribution < 1.29 is 18.7 Å². The topological polar surface area (TPSA) is 49.3 Å². The Morgan fingerprint density at radius 3 is 2.58 bits per heavy atom. The molecule has 3 nitrogen and oxygen atoms in total. The molecule has 2 N–H and O–H groups in total. The number of halogens is 2. The first kappa shape index (κ1) is 13.9. The highest BCUT2D eigenvalue weighted by Crippen LogP contribution is 2.25. The highest BCUT2D eigenvalue weighted by atomic mass is 19.1. The first-order chi connectivity index (χ1) is 9.09. The monoisotopic (exact) mass is 269 g/mol. The van der Waals surface area contributed by atoms with Crippen LogP contribution in [0.2, 0.25) is 0 Å². The average molecular weight is 269 g/mol. The molecule has 5 heteroatoms. The van der Waals surface area contributed by atoms with Gasteiger partial charge in [-0.05, 0) is 37.8 Å². The Kier molecular flexibility index (Phi) is 4.47. The van der Waals surface area contributed by atoms with E-state index in [0.717, 1.165) is 6.42 Å². The molecule has 1 amide bonds. The molecule has 1 aromatic carbocycles. The molecule has 104 valence electrons. The van der Waals surface area contributed by atoms with Crippen molar-refractivity contribution in [2.75, 3.05) is 6.54 Å². The van der Waals surface area contributed by atoms with E-state index in [1.54, 1.807) is 0 Å². The maximum absolute atomic E-state index is 13.3. The Balaban J connectivity index is 1.85. The van der Waals surface area contributed by atoms with Gasteiger partial charge >= 0.3 is 0 Å². The summed E-state index contributed by atoms with van der Waals surface area (Å²) in [5.74, 6) is -1.82. The van der Waals surface area contributed by atoms with E-state index in [9.17, 15) is 18.7 Å². The normalized spacial score (nSPS) is 22.5. The van der Waals surface area contributed by atoms with Crippen LogP contribution in [0.5, 0.6) is 0 Å². The van der Waals surface area contributed by atoms with Crippen LogP contribution in [-0.2, 0) is 11.2 Å². The van der Waals surface area contributed by atoms with Crippen molar-refractivity contribution in [3.05, 3.63) is 35.4 Å². The minimum absolute atomic E-state index is 0.0187. The maximum Gasteiger partial charge on any atom is 0.225 e. The number of rotatable bonds is 4. The summed E-state index contributed by atoms with van der Waals surface area (Å²) in [5, 5.41) is 12.2. The maximum atomic E-state index is 13.3. The second-order valence-corrected chi connectivity index (χ2v) is 4.85. The summed E-state index contributed by atoms with van der Waals surface area (Å²) in [6.45, 7) is 0.167. The van der Waals surface area contributed by atoms with Crippen LogP contribution < -0.4 is 5.32 Å². The van der Waals surface area contributed by atoms with Crippen molar-refractivity contribution in [3.8, 4) is 0 Å². The van der Waals surface area contributed by atoms with Crippen molar-refractivity contribution in [1.29, 1.82) is 0 Å². The quantitative estimate of drug-likeness (QED) is 0.875. The van der Waals surface area contributed by atoms with Gasteiger partial charge in [-0.3, -0.25) is 4.79 Å². The minimum Gasteiger partial charge on any atom is -0.392 e. The van der Waals surface area contributed by atoms with Gasteiger partial charge in [-0.2, -0.15) is 0 Å². The summed E-state index contributed by atoms with van der Waals surface area (Å²) in [4.78, 5) is 11.8. The highest BCUT2D eigenvalue weighted by Gasteiger charge is 2.31. The number of aliphatic hydroxyl groups is 1.